The topological polar surface area (TPSA) is 63.3 Å². The summed E-state index contributed by atoms with van der Waals surface area (Å²) in [6, 6.07) is 13.6. The highest BCUT2D eigenvalue weighted by molar-refractivity contribution is 6.35. The number of ether oxygens (including phenoxy) is 3. The van der Waals surface area contributed by atoms with Crippen molar-refractivity contribution in [2.75, 3.05) is 13.2 Å². The minimum Gasteiger partial charge on any atom is -0.491 e. The summed E-state index contributed by atoms with van der Waals surface area (Å²) in [5.74, 6) is -0.320. The molecule has 7 nitrogen and oxygen atoms in total. The maximum atomic E-state index is 6.54. The van der Waals surface area contributed by atoms with Gasteiger partial charge in [-0.05, 0) is 50.2 Å². The molecule has 9 heteroatoms. The largest absolute Gasteiger partial charge is 0.491 e. The van der Waals surface area contributed by atoms with Gasteiger partial charge >= 0.3 is 0 Å². The van der Waals surface area contributed by atoms with E-state index in [-0.39, 0.29) is 6.10 Å². The third kappa shape index (κ3) is 5.09. The molecule has 1 fully saturated rings. The van der Waals surface area contributed by atoms with Gasteiger partial charge in [-0.25, -0.2) is 9.97 Å². The number of halogens is 2. The third-order valence-corrected chi connectivity index (χ3v) is 6.51. The van der Waals surface area contributed by atoms with E-state index in [4.69, 9.17) is 37.4 Å². The van der Waals surface area contributed by atoms with Crippen LogP contribution in [-0.4, -0.2) is 38.4 Å². The Morgan fingerprint density at radius 2 is 1.94 bits per heavy atom. The summed E-state index contributed by atoms with van der Waals surface area (Å²) in [7, 11) is 0. The van der Waals surface area contributed by atoms with Gasteiger partial charge in [-0.3, -0.25) is 0 Å². The standard InChI is InChI=1S/C26H26Cl2N4O3/c1-18(2)32-17-30-12-25(32)19-3-6-21(7-4-19)33-13-22-14-34-26(35-22,15-31-10-9-29-16-31)23-8-5-20(27)11-24(23)28/h3-12,16-18,22H,13-15H2,1-2H3/t22-,26-/m1/s1. The number of hydrogen-bond donors (Lipinski definition) is 0. The van der Waals surface area contributed by atoms with Crippen molar-refractivity contribution >= 4 is 23.2 Å². The van der Waals surface area contributed by atoms with Crippen LogP contribution in [0, 0.1) is 0 Å². The van der Waals surface area contributed by atoms with Gasteiger partial charge < -0.3 is 23.3 Å². The van der Waals surface area contributed by atoms with Gasteiger partial charge in [-0.15, -0.1) is 0 Å². The number of hydrogen-bond acceptors (Lipinski definition) is 5. The summed E-state index contributed by atoms with van der Waals surface area (Å²) >= 11 is 12.7. The monoisotopic (exact) mass is 512 g/mol. The van der Waals surface area contributed by atoms with Crippen molar-refractivity contribution in [1.29, 1.82) is 0 Å². The van der Waals surface area contributed by atoms with Gasteiger partial charge in [0, 0.05) is 34.6 Å². The molecule has 0 bridgehead atoms. The highest BCUT2D eigenvalue weighted by atomic mass is 35.5. The lowest BCUT2D eigenvalue weighted by Gasteiger charge is -2.30. The Morgan fingerprint density at radius 1 is 1.11 bits per heavy atom. The van der Waals surface area contributed by atoms with Crippen molar-refractivity contribution in [2.24, 2.45) is 0 Å². The fourth-order valence-electron chi connectivity index (χ4n) is 4.23. The van der Waals surface area contributed by atoms with Gasteiger partial charge in [0.25, 0.3) is 0 Å². The molecule has 0 N–H and O–H groups in total. The highest BCUT2D eigenvalue weighted by Gasteiger charge is 2.45. The van der Waals surface area contributed by atoms with Crippen LogP contribution in [0.25, 0.3) is 11.3 Å². The molecule has 0 unspecified atom stereocenters. The van der Waals surface area contributed by atoms with E-state index in [0.29, 0.717) is 41.4 Å². The van der Waals surface area contributed by atoms with Gasteiger partial charge in [-0.2, -0.15) is 0 Å². The zero-order valence-corrected chi connectivity index (χ0v) is 21.0. The van der Waals surface area contributed by atoms with E-state index in [9.17, 15) is 0 Å². The Bertz CT molecular complexity index is 1270. The molecule has 182 valence electrons. The van der Waals surface area contributed by atoms with Crippen molar-refractivity contribution in [3.05, 3.63) is 89.3 Å². The van der Waals surface area contributed by atoms with Crippen LogP contribution in [0.5, 0.6) is 5.75 Å². The van der Waals surface area contributed by atoms with E-state index in [1.165, 1.54) is 0 Å². The number of imidazole rings is 2. The van der Waals surface area contributed by atoms with Crippen molar-refractivity contribution in [3.63, 3.8) is 0 Å². The Morgan fingerprint density at radius 3 is 2.66 bits per heavy atom. The summed E-state index contributed by atoms with van der Waals surface area (Å²) < 4.78 is 22.8. The summed E-state index contributed by atoms with van der Waals surface area (Å²) in [6.45, 7) is 5.36. The SMILES string of the molecule is CC(C)n1cncc1-c1ccc(OC[C@@H]2CO[C@@](Cn3ccnc3)(c3ccc(Cl)cc3Cl)O2)cc1. The molecule has 1 aliphatic rings. The van der Waals surface area contributed by atoms with Crippen LogP contribution in [0.3, 0.4) is 0 Å². The van der Waals surface area contributed by atoms with E-state index >= 15 is 0 Å². The van der Waals surface area contributed by atoms with Crippen LogP contribution in [0.2, 0.25) is 10.0 Å². The van der Waals surface area contributed by atoms with E-state index in [0.717, 1.165) is 17.0 Å². The molecule has 2 atom stereocenters. The first-order valence-corrected chi connectivity index (χ1v) is 12.2. The molecule has 5 rings (SSSR count). The van der Waals surface area contributed by atoms with Crippen molar-refractivity contribution in [3.8, 4) is 17.0 Å². The average Bonchev–Trinajstić information content (AvgIpc) is 3.60. The minimum atomic E-state index is -1.07. The van der Waals surface area contributed by atoms with Crippen molar-refractivity contribution < 1.29 is 14.2 Å². The second-order valence-corrected chi connectivity index (χ2v) is 9.62. The summed E-state index contributed by atoms with van der Waals surface area (Å²) in [5.41, 5.74) is 2.87. The zero-order valence-electron chi connectivity index (χ0n) is 19.5. The fourth-order valence-corrected chi connectivity index (χ4v) is 4.78. The van der Waals surface area contributed by atoms with Gasteiger partial charge in [0.15, 0.2) is 0 Å². The number of nitrogens with zero attached hydrogens (tertiary/aromatic N) is 4. The van der Waals surface area contributed by atoms with E-state index in [2.05, 4.69) is 28.4 Å². The number of aromatic nitrogens is 4. The van der Waals surface area contributed by atoms with Gasteiger partial charge in [-0.1, -0.05) is 29.3 Å². The Balaban J connectivity index is 1.29. The molecule has 0 saturated carbocycles. The first kappa shape index (κ1) is 23.9. The molecule has 2 aromatic carbocycles. The smallest absolute Gasteiger partial charge is 0.215 e. The van der Waals surface area contributed by atoms with Crippen LogP contribution in [-0.2, 0) is 21.8 Å². The average molecular weight is 513 g/mol. The molecule has 0 radical (unpaired) electrons. The molecule has 0 amide bonds. The van der Waals surface area contributed by atoms with E-state index in [1.54, 1.807) is 24.7 Å². The van der Waals surface area contributed by atoms with Crippen LogP contribution < -0.4 is 4.74 Å². The maximum Gasteiger partial charge on any atom is 0.215 e. The lowest BCUT2D eigenvalue weighted by molar-refractivity contribution is -0.189. The first-order chi connectivity index (χ1) is 16.9. The zero-order chi connectivity index (χ0) is 24.4. The van der Waals surface area contributed by atoms with Gasteiger partial charge in [0.2, 0.25) is 5.79 Å². The second kappa shape index (κ2) is 10.0. The molecule has 3 heterocycles. The third-order valence-electron chi connectivity index (χ3n) is 5.96. The lowest BCUT2D eigenvalue weighted by atomic mass is 10.1. The molecule has 4 aromatic rings. The Hall–Kier alpha value is -2.84. The molecule has 2 aromatic heterocycles. The van der Waals surface area contributed by atoms with Crippen molar-refractivity contribution in [2.45, 2.75) is 38.3 Å². The van der Waals surface area contributed by atoms with Gasteiger partial charge in [0.05, 0.1) is 42.7 Å². The quantitative estimate of drug-likeness (QED) is 0.290. The molecule has 0 spiro atoms. The van der Waals surface area contributed by atoms with Crippen LogP contribution >= 0.6 is 23.2 Å². The predicted octanol–water partition coefficient (Wildman–Crippen LogP) is 5.98. The summed E-state index contributed by atoms with van der Waals surface area (Å²) in [6.07, 6.45) is 8.73. The van der Waals surface area contributed by atoms with Crippen LogP contribution in [0.4, 0.5) is 0 Å². The van der Waals surface area contributed by atoms with Crippen LogP contribution in [0.1, 0.15) is 25.5 Å². The molecule has 1 aliphatic heterocycles. The van der Waals surface area contributed by atoms with E-state index < -0.39 is 5.79 Å². The normalized spacial score (nSPS) is 20.0. The van der Waals surface area contributed by atoms with Crippen molar-refractivity contribution in [1.82, 2.24) is 19.1 Å². The molecule has 1 saturated heterocycles. The van der Waals surface area contributed by atoms with Crippen LogP contribution in [0.15, 0.2) is 73.7 Å². The summed E-state index contributed by atoms with van der Waals surface area (Å²) in [5, 5.41) is 1.03. The Labute approximate surface area is 214 Å². The van der Waals surface area contributed by atoms with Gasteiger partial charge in [0.1, 0.15) is 18.5 Å². The lowest BCUT2D eigenvalue weighted by Crippen LogP contribution is -2.34. The minimum absolute atomic E-state index is 0.285. The number of benzene rings is 2. The number of rotatable bonds is 8. The maximum absolute atomic E-state index is 6.54. The summed E-state index contributed by atoms with van der Waals surface area (Å²) in [4.78, 5) is 8.41. The second-order valence-electron chi connectivity index (χ2n) is 8.78. The fraction of sp³-hybridized carbons (Fsp3) is 0.308. The molecule has 0 aliphatic carbocycles. The molecular weight excluding hydrogens is 487 g/mol. The Kier molecular flexibility index (Phi) is 6.84. The molecule has 35 heavy (non-hydrogen) atoms. The predicted molar refractivity (Wildman–Crippen MR) is 135 cm³/mol. The first-order valence-electron chi connectivity index (χ1n) is 11.4. The van der Waals surface area contributed by atoms with E-state index in [1.807, 2.05) is 53.6 Å². The molecular formula is C26H26Cl2N4O3. The highest BCUT2D eigenvalue weighted by Crippen LogP contribution is 2.40.